The predicted octanol–water partition coefficient (Wildman–Crippen LogP) is 1.23. The Kier molecular flexibility index (Phi) is 4.20. The van der Waals surface area contributed by atoms with E-state index in [-0.39, 0.29) is 16.1 Å². The Hall–Kier alpha value is -2.45. The largest absolute Gasteiger partial charge is 0.290 e. The molecule has 0 saturated carbocycles. The maximum atomic E-state index is 12.8. The van der Waals surface area contributed by atoms with E-state index in [1.807, 2.05) is 5.43 Å². The molecule has 0 heterocycles. The highest BCUT2D eigenvalue weighted by Gasteiger charge is 2.16. The number of halogens is 1. The van der Waals surface area contributed by atoms with Gasteiger partial charge in [-0.1, -0.05) is 6.07 Å². The van der Waals surface area contributed by atoms with Gasteiger partial charge in [0.15, 0.2) is 0 Å². The lowest BCUT2D eigenvalue weighted by atomic mass is 10.2. The number of nitrogen functional groups attached to an aromatic ring is 1. The fourth-order valence-corrected chi connectivity index (χ4v) is 2.72. The minimum Gasteiger partial charge on any atom is -0.290 e. The number of benzene rings is 2. The Bertz CT molecular complexity index is 760. The monoisotopic (exact) mass is 309 g/mol. The zero-order chi connectivity index (χ0) is 15.5. The van der Waals surface area contributed by atoms with Gasteiger partial charge in [0.25, 0.3) is 15.9 Å². The number of carbonyl (C=O) groups is 1. The average molecular weight is 309 g/mol. The Morgan fingerprint density at radius 1 is 1.10 bits per heavy atom. The van der Waals surface area contributed by atoms with E-state index >= 15 is 0 Å². The molecule has 1 amide bonds. The van der Waals surface area contributed by atoms with Crippen LogP contribution < -0.4 is 16.0 Å². The minimum absolute atomic E-state index is 0.104. The molecule has 2 aromatic rings. The third-order valence-electron chi connectivity index (χ3n) is 2.63. The smallest absolute Gasteiger partial charge is 0.265 e. The zero-order valence-corrected chi connectivity index (χ0v) is 11.5. The third-order valence-corrected chi connectivity index (χ3v) is 4.01. The normalized spacial score (nSPS) is 11.0. The Labute approximate surface area is 120 Å². The fourth-order valence-electron chi connectivity index (χ4n) is 1.62. The van der Waals surface area contributed by atoms with Crippen molar-refractivity contribution in [2.24, 2.45) is 5.84 Å². The van der Waals surface area contributed by atoms with Crippen LogP contribution in [0.15, 0.2) is 53.4 Å². The molecule has 2 rings (SSSR count). The Morgan fingerprint density at radius 3 is 2.38 bits per heavy atom. The second kappa shape index (κ2) is 5.90. The molecule has 0 radical (unpaired) electrons. The van der Waals surface area contributed by atoms with Crippen LogP contribution in [-0.2, 0) is 10.0 Å². The number of anilines is 1. The molecule has 2 aromatic carbocycles. The van der Waals surface area contributed by atoms with E-state index in [4.69, 9.17) is 5.84 Å². The predicted molar refractivity (Wildman–Crippen MR) is 75.3 cm³/mol. The molecule has 0 aliphatic heterocycles. The summed E-state index contributed by atoms with van der Waals surface area (Å²) in [6, 6.07) is 10.2. The summed E-state index contributed by atoms with van der Waals surface area (Å²) in [5.41, 5.74) is 2.24. The second-order valence-electron chi connectivity index (χ2n) is 4.11. The molecule has 0 aliphatic rings. The van der Waals surface area contributed by atoms with E-state index in [0.717, 1.165) is 12.1 Å². The van der Waals surface area contributed by atoms with E-state index in [2.05, 4.69) is 4.72 Å². The molecular weight excluding hydrogens is 297 g/mol. The lowest BCUT2D eigenvalue weighted by Gasteiger charge is -2.09. The van der Waals surface area contributed by atoms with Gasteiger partial charge >= 0.3 is 0 Å². The highest BCUT2D eigenvalue weighted by molar-refractivity contribution is 7.92. The van der Waals surface area contributed by atoms with Gasteiger partial charge < -0.3 is 0 Å². The lowest BCUT2D eigenvalue weighted by Crippen LogP contribution is -2.30. The van der Waals surface area contributed by atoms with Crippen LogP contribution in [0, 0.1) is 5.82 Å². The summed E-state index contributed by atoms with van der Waals surface area (Å²) >= 11 is 0. The minimum atomic E-state index is -3.88. The number of sulfonamides is 1. The van der Waals surface area contributed by atoms with Crippen molar-refractivity contribution in [3.63, 3.8) is 0 Å². The van der Waals surface area contributed by atoms with E-state index in [9.17, 15) is 17.6 Å². The number of hydrogen-bond acceptors (Lipinski definition) is 4. The van der Waals surface area contributed by atoms with Crippen molar-refractivity contribution in [1.29, 1.82) is 0 Å². The van der Waals surface area contributed by atoms with Crippen LogP contribution in [0.3, 0.4) is 0 Å². The van der Waals surface area contributed by atoms with Gasteiger partial charge in [0.2, 0.25) is 0 Å². The van der Waals surface area contributed by atoms with Crippen molar-refractivity contribution in [3.8, 4) is 0 Å². The first-order valence-corrected chi connectivity index (χ1v) is 7.30. The van der Waals surface area contributed by atoms with Crippen molar-refractivity contribution >= 4 is 21.6 Å². The van der Waals surface area contributed by atoms with Crippen molar-refractivity contribution in [1.82, 2.24) is 5.43 Å². The maximum Gasteiger partial charge on any atom is 0.265 e. The zero-order valence-electron chi connectivity index (χ0n) is 10.7. The van der Waals surface area contributed by atoms with Crippen molar-refractivity contribution < 1.29 is 17.6 Å². The van der Waals surface area contributed by atoms with Gasteiger partial charge in [-0.25, -0.2) is 18.7 Å². The number of hydrazine groups is 1. The third kappa shape index (κ3) is 3.56. The molecule has 0 unspecified atom stereocenters. The molecule has 110 valence electrons. The lowest BCUT2D eigenvalue weighted by molar-refractivity contribution is 0.0953. The maximum absolute atomic E-state index is 12.8. The van der Waals surface area contributed by atoms with Crippen molar-refractivity contribution in [3.05, 3.63) is 59.9 Å². The summed E-state index contributed by atoms with van der Waals surface area (Å²) in [6.07, 6.45) is 0. The standard InChI is InChI=1S/C13H12FN3O3S/c14-10-4-6-11(7-5-10)17-21(19,20)12-3-1-2-9(8-12)13(18)16-15/h1-8,17H,15H2,(H,16,18). The first kappa shape index (κ1) is 14.9. The van der Waals surface area contributed by atoms with Gasteiger partial charge in [0.1, 0.15) is 5.82 Å². The van der Waals surface area contributed by atoms with Crippen molar-refractivity contribution in [2.75, 3.05) is 4.72 Å². The summed E-state index contributed by atoms with van der Waals surface area (Å²) < 4.78 is 39.4. The van der Waals surface area contributed by atoms with Crippen LogP contribution in [0.5, 0.6) is 0 Å². The number of rotatable bonds is 4. The molecular formula is C13H12FN3O3S. The van der Waals surface area contributed by atoms with E-state index in [1.54, 1.807) is 0 Å². The van der Waals surface area contributed by atoms with Crippen LogP contribution >= 0.6 is 0 Å². The first-order valence-electron chi connectivity index (χ1n) is 5.82. The summed E-state index contributed by atoms with van der Waals surface area (Å²) in [5.74, 6) is 3.93. The van der Waals surface area contributed by atoms with Crippen LogP contribution in [0.2, 0.25) is 0 Å². The van der Waals surface area contributed by atoms with Crippen LogP contribution in [-0.4, -0.2) is 14.3 Å². The Morgan fingerprint density at radius 2 is 1.76 bits per heavy atom. The topological polar surface area (TPSA) is 101 Å². The molecule has 0 aromatic heterocycles. The number of hydrogen-bond donors (Lipinski definition) is 3. The molecule has 8 heteroatoms. The molecule has 0 atom stereocenters. The van der Waals surface area contributed by atoms with Crippen LogP contribution in [0.4, 0.5) is 10.1 Å². The summed E-state index contributed by atoms with van der Waals surface area (Å²) in [4.78, 5) is 11.3. The van der Waals surface area contributed by atoms with Gasteiger partial charge in [-0.2, -0.15) is 0 Å². The molecule has 0 fully saturated rings. The highest BCUT2D eigenvalue weighted by atomic mass is 32.2. The summed E-state index contributed by atoms with van der Waals surface area (Å²) in [5, 5.41) is 0. The average Bonchev–Trinajstić information content (AvgIpc) is 2.49. The van der Waals surface area contributed by atoms with Gasteiger partial charge in [-0.15, -0.1) is 0 Å². The molecule has 0 aliphatic carbocycles. The quantitative estimate of drug-likeness (QED) is 0.449. The number of nitrogens with two attached hydrogens (primary N) is 1. The van der Waals surface area contributed by atoms with E-state index < -0.39 is 21.7 Å². The molecule has 0 saturated heterocycles. The Balaban J connectivity index is 2.31. The molecule has 0 spiro atoms. The molecule has 0 bridgehead atoms. The fraction of sp³-hybridized carbons (Fsp3) is 0. The van der Waals surface area contributed by atoms with E-state index in [0.29, 0.717) is 0 Å². The second-order valence-corrected chi connectivity index (χ2v) is 5.80. The SMILES string of the molecule is NNC(=O)c1cccc(S(=O)(=O)Nc2ccc(F)cc2)c1. The van der Waals surface area contributed by atoms with Crippen molar-refractivity contribution in [2.45, 2.75) is 4.90 Å². The van der Waals surface area contributed by atoms with Gasteiger partial charge in [0.05, 0.1) is 4.90 Å². The van der Waals surface area contributed by atoms with Gasteiger partial charge in [-0.05, 0) is 42.5 Å². The summed E-state index contributed by atoms with van der Waals surface area (Å²) in [6.45, 7) is 0. The summed E-state index contributed by atoms with van der Waals surface area (Å²) in [7, 11) is -3.88. The number of amides is 1. The van der Waals surface area contributed by atoms with E-state index in [1.165, 1.54) is 36.4 Å². The van der Waals surface area contributed by atoms with Gasteiger partial charge in [0, 0.05) is 11.3 Å². The van der Waals surface area contributed by atoms with Gasteiger partial charge in [-0.3, -0.25) is 14.9 Å². The number of carbonyl (C=O) groups excluding carboxylic acids is 1. The molecule has 6 nitrogen and oxygen atoms in total. The molecule has 4 N–H and O–H groups in total. The van der Waals surface area contributed by atoms with Crippen LogP contribution in [0.25, 0.3) is 0 Å². The number of nitrogens with one attached hydrogen (secondary N) is 2. The first-order chi connectivity index (χ1) is 9.92. The van der Waals surface area contributed by atoms with Crippen LogP contribution in [0.1, 0.15) is 10.4 Å². The molecule has 21 heavy (non-hydrogen) atoms. The highest BCUT2D eigenvalue weighted by Crippen LogP contribution is 2.17.